The van der Waals surface area contributed by atoms with Gasteiger partial charge in [-0.15, -0.1) is 0 Å². The van der Waals surface area contributed by atoms with E-state index >= 15 is 0 Å². The van der Waals surface area contributed by atoms with Crippen molar-refractivity contribution in [3.8, 4) is 5.75 Å². The molecule has 0 heterocycles. The van der Waals surface area contributed by atoms with E-state index in [4.69, 9.17) is 4.74 Å². The average Bonchev–Trinajstić information content (AvgIpc) is 2.64. The smallest absolute Gasteiger partial charge is 0.224 e. The maximum Gasteiger partial charge on any atom is 0.224 e. The van der Waals surface area contributed by atoms with Gasteiger partial charge in [-0.1, -0.05) is 18.2 Å². The van der Waals surface area contributed by atoms with Crippen LogP contribution in [0.15, 0.2) is 29.3 Å². The van der Waals surface area contributed by atoms with Gasteiger partial charge in [-0.2, -0.15) is 0 Å². The molecule has 0 aromatic heterocycles. The summed E-state index contributed by atoms with van der Waals surface area (Å²) in [4.78, 5) is 18.4. The third-order valence-electron chi connectivity index (χ3n) is 4.02. The summed E-state index contributed by atoms with van der Waals surface area (Å²) in [6.45, 7) is 12.2. The van der Waals surface area contributed by atoms with E-state index in [1.807, 2.05) is 50.8 Å². The predicted octanol–water partition coefficient (Wildman–Crippen LogP) is 2.44. The summed E-state index contributed by atoms with van der Waals surface area (Å²) in [5, 5.41) is 6.55. The summed E-state index contributed by atoms with van der Waals surface area (Å²) in [7, 11) is 0. The molecule has 0 atom stereocenters. The molecular weight excluding hydrogens is 328 g/mol. The van der Waals surface area contributed by atoms with Crippen molar-refractivity contribution in [3.05, 3.63) is 29.8 Å². The van der Waals surface area contributed by atoms with Crippen molar-refractivity contribution < 1.29 is 9.53 Å². The minimum Gasteiger partial charge on any atom is -0.494 e. The average molecular weight is 363 g/mol. The van der Waals surface area contributed by atoms with Crippen molar-refractivity contribution in [1.82, 2.24) is 15.5 Å². The van der Waals surface area contributed by atoms with E-state index in [1.165, 1.54) is 5.56 Å². The Kier molecular flexibility index (Phi) is 10.9. The first-order valence-corrected chi connectivity index (χ1v) is 9.66. The largest absolute Gasteiger partial charge is 0.494 e. The monoisotopic (exact) mass is 362 g/mol. The van der Waals surface area contributed by atoms with E-state index in [2.05, 4.69) is 21.7 Å². The van der Waals surface area contributed by atoms with Crippen molar-refractivity contribution in [1.29, 1.82) is 0 Å². The van der Waals surface area contributed by atoms with Crippen LogP contribution in [0.5, 0.6) is 5.75 Å². The van der Waals surface area contributed by atoms with E-state index < -0.39 is 0 Å². The Morgan fingerprint density at radius 2 is 1.85 bits per heavy atom. The standard InChI is InChI=1S/C20H34N4O2/c1-5-21-20(23-16-14-19(25)24(6-2)7-3)22-15-13-17-11-9-10-12-18(17)26-8-4/h9-12H,5-8,13-16H2,1-4H3,(H2,21,22,23). The molecule has 0 fully saturated rings. The number of guanidine groups is 1. The highest BCUT2D eigenvalue weighted by molar-refractivity contribution is 5.80. The van der Waals surface area contributed by atoms with Crippen LogP contribution in [0.1, 0.15) is 39.7 Å². The number of amides is 1. The van der Waals surface area contributed by atoms with Gasteiger partial charge in [-0.3, -0.25) is 9.79 Å². The number of aliphatic imine (C=N–C) groups is 1. The molecule has 1 amide bonds. The van der Waals surface area contributed by atoms with Crippen molar-refractivity contribution in [3.63, 3.8) is 0 Å². The van der Waals surface area contributed by atoms with E-state index in [0.29, 0.717) is 19.6 Å². The molecule has 6 nitrogen and oxygen atoms in total. The molecule has 0 saturated carbocycles. The summed E-state index contributed by atoms with van der Waals surface area (Å²) in [5.74, 6) is 1.83. The van der Waals surface area contributed by atoms with E-state index in [9.17, 15) is 4.79 Å². The lowest BCUT2D eigenvalue weighted by Gasteiger charge is -2.18. The summed E-state index contributed by atoms with van der Waals surface area (Å²) < 4.78 is 5.66. The highest BCUT2D eigenvalue weighted by atomic mass is 16.5. The quantitative estimate of drug-likeness (QED) is 0.469. The normalized spacial score (nSPS) is 11.2. The molecule has 26 heavy (non-hydrogen) atoms. The van der Waals surface area contributed by atoms with Gasteiger partial charge < -0.3 is 20.3 Å². The minimum atomic E-state index is 0.153. The summed E-state index contributed by atoms with van der Waals surface area (Å²) >= 11 is 0. The number of carbonyl (C=O) groups excluding carboxylic acids is 1. The Morgan fingerprint density at radius 1 is 1.12 bits per heavy atom. The van der Waals surface area contributed by atoms with Crippen LogP contribution in [0, 0.1) is 0 Å². The van der Waals surface area contributed by atoms with Crippen LogP contribution < -0.4 is 15.4 Å². The zero-order chi connectivity index (χ0) is 19.2. The lowest BCUT2D eigenvalue weighted by molar-refractivity contribution is -0.130. The molecule has 0 aliphatic heterocycles. The SMILES string of the molecule is CCNC(=NCCC(=O)N(CC)CC)NCCc1ccccc1OCC. The molecule has 6 heteroatoms. The summed E-state index contributed by atoms with van der Waals surface area (Å²) in [5.41, 5.74) is 1.18. The van der Waals surface area contributed by atoms with Crippen molar-refractivity contribution >= 4 is 11.9 Å². The fourth-order valence-corrected chi connectivity index (χ4v) is 2.66. The highest BCUT2D eigenvalue weighted by Crippen LogP contribution is 2.17. The molecule has 0 bridgehead atoms. The van der Waals surface area contributed by atoms with Crippen LogP contribution in [0.3, 0.4) is 0 Å². The van der Waals surface area contributed by atoms with Gasteiger partial charge in [0.2, 0.25) is 5.91 Å². The molecule has 146 valence electrons. The van der Waals surface area contributed by atoms with Crippen LogP contribution in [0.4, 0.5) is 0 Å². The molecule has 2 N–H and O–H groups in total. The number of nitrogens with one attached hydrogen (secondary N) is 2. The molecule has 0 aliphatic rings. The molecule has 0 radical (unpaired) electrons. The molecular formula is C20H34N4O2. The maximum absolute atomic E-state index is 12.0. The van der Waals surface area contributed by atoms with Gasteiger partial charge in [-0.05, 0) is 45.7 Å². The van der Waals surface area contributed by atoms with Crippen LogP contribution in [0.2, 0.25) is 0 Å². The number of hydrogen-bond acceptors (Lipinski definition) is 3. The molecule has 1 rings (SSSR count). The van der Waals surface area contributed by atoms with Gasteiger partial charge in [0.15, 0.2) is 5.96 Å². The third kappa shape index (κ3) is 7.76. The Labute approximate surface area is 158 Å². The Morgan fingerprint density at radius 3 is 2.50 bits per heavy atom. The van der Waals surface area contributed by atoms with Crippen LogP contribution in [-0.2, 0) is 11.2 Å². The predicted molar refractivity (Wildman–Crippen MR) is 108 cm³/mol. The van der Waals surface area contributed by atoms with Gasteiger partial charge in [0.1, 0.15) is 5.75 Å². The zero-order valence-corrected chi connectivity index (χ0v) is 16.7. The van der Waals surface area contributed by atoms with Gasteiger partial charge in [0.25, 0.3) is 0 Å². The summed E-state index contributed by atoms with van der Waals surface area (Å²) in [6, 6.07) is 8.09. The van der Waals surface area contributed by atoms with Crippen molar-refractivity contribution in [2.75, 3.05) is 39.3 Å². The Hall–Kier alpha value is -2.24. The first kappa shape index (κ1) is 21.8. The van der Waals surface area contributed by atoms with Crippen LogP contribution in [-0.4, -0.2) is 56.1 Å². The number of hydrogen-bond donors (Lipinski definition) is 2. The van der Waals surface area contributed by atoms with E-state index in [1.54, 1.807) is 0 Å². The van der Waals surface area contributed by atoms with Gasteiger partial charge in [0.05, 0.1) is 13.2 Å². The molecule has 0 saturated heterocycles. The topological polar surface area (TPSA) is 66.0 Å². The maximum atomic E-state index is 12.0. The van der Waals surface area contributed by atoms with Gasteiger partial charge >= 0.3 is 0 Å². The number of para-hydroxylation sites is 1. The van der Waals surface area contributed by atoms with Crippen molar-refractivity contribution in [2.24, 2.45) is 4.99 Å². The van der Waals surface area contributed by atoms with Crippen molar-refractivity contribution in [2.45, 2.75) is 40.5 Å². The van der Waals surface area contributed by atoms with Gasteiger partial charge in [-0.25, -0.2) is 0 Å². The lowest BCUT2D eigenvalue weighted by atomic mass is 10.1. The second kappa shape index (κ2) is 13.0. The number of carbonyl (C=O) groups is 1. The third-order valence-corrected chi connectivity index (χ3v) is 4.02. The Balaban J connectivity index is 2.51. The summed E-state index contributed by atoms with van der Waals surface area (Å²) in [6.07, 6.45) is 1.28. The Bertz CT molecular complexity index is 556. The second-order valence-electron chi connectivity index (χ2n) is 5.79. The van der Waals surface area contributed by atoms with E-state index in [-0.39, 0.29) is 5.91 Å². The van der Waals surface area contributed by atoms with Crippen LogP contribution >= 0.6 is 0 Å². The first-order chi connectivity index (χ1) is 12.7. The lowest BCUT2D eigenvalue weighted by Crippen LogP contribution is -2.38. The fourth-order valence-electron chi connectivity index (χ4n) is 2.66. The molecule has 1 aromatic carbocycles. The molecule has 0 spiro atoms. The molecule has 0 unspecified atom stereocenters. The van der Waals surface area contributed by atoms with E-state index in [0.717, 1.165) is 44.3 Å². The molecule has 0 aliphatic carbocycles. The van der Waals surface area contributed by atoms with Crippen LogP contribution in [0.25, 0.3) is 0 Å². The zero-order valence-electron chi connectivity index (χ0n) is 16.7. The number of benzene rings is 1. The number of nitrogens with zero attached hydrogens (tertiary/aromatic N) is 2. The minimum absolute atomic E-state index is 0.153. The highest BCUT2D eigenvalue weighted by Gasteiger charge is 2.08. The fraction of sp³-hybridized carbons (Fsp3) is 0.600. The number of rotatable bonds is 11. The first-order valence-electron chi connectivity index (χ1n) is 9.66. The number of ether oxygens (including phenoxy) is 1. The molecule has 1 aromatic rings. The second-order valence-corrected chi connectivity index (χ2v) is 5.79. The van der Waals surface area contributed by atoms with Gasteiger partial charge in [0, 0.05) is 32.6 Å².